The third-order valence-electron chi connectivity index (χ3n) is 2.61. The van der Waals surface area contributed by atoms with Crippen molar-refractivity contribution in [3.05, 3.63) is 45.4 Å². The molecule has 0 aliphatic rings. The fourth-order valence-electron chi connectivity index (χ4n) is 1.66. The second-order valence-corrected chi connectivity index (χ2v) is 6.92. The van der Waals surface area contributed by atoms with E-state index in [1.54, 1.807) is 6.07 Å². The molecule has 0 saturated heterocycles. The second kappa shape index (κ2) is 5.90. The van der Waals surface area contributed by atoms with Gasteiger partial charge in [-0.05, 0) is 30.3 Å². The lowest BCUT2D eigenvalue weighted by atomic mass is 10.2. The number of nitrogen functional groups attached to an aromatic ring is 1. The number of nitrogens with two attached hydrogens (primary N) is 2. The molecular weight excluding hydrogens is 357 g/mol. The van der Waals surface area contributed by atoms with Crippen LogP contribution in [0.5, 0.6) is 0 Å². The maximum atomic E-state index is 11.3. The monoisotopic (exact) mass is 365 g/mol. The van der Waals surface area contributed by atoms with Crippen LogP contribution in [0.2, 0.25) is 15.1 Å². The third kappa shape index (κ3) is 3.72. The maximum absolute atomic E-state index is 11.3. The van der Waals surface area contributed by atoms with Crippen LogP contribution in [-0.2, 0) is 10.0 Å². The number of benzene rings is 2. The minimum Gasteiger partial charge on any atom is -0.398 e. The van der Waals surface area contributed by atoms with Gasteiger partial charge >= 0.3 is 0 Å². The van der Waals surface area contributed by atoms with E-state index in [0.29, 0.717) is 26.4 Å². The first-order chi connectivity index (χ1) is 9.68. The lowest BCUT2D eigenvalue weighted by molar-refractivity contribution is 0.598. The van der Waals surface area contributed by atoms with Crippen LogP contribution in [0, 0.1) is 0 Å². The van der Waals surface area contributed by atoms with Crippen LogP contribution in [0.3, 0.4) is 0 Å². The van der Waals surface area contributed by atoms with Crippen molar-refractivity contribution >= 4 is 61.9 Å². The number of anilines is 3. The average molecular weight is 367 g/mol. The van der Waals surface area contributed by atoms with Crippen molar-refractivity contribution in [2.75, 3.05) is 11.1 Å². The van der Waals surface area contributed by atoms with Crippen molar-refractivity contribution in [3.8, 4) is 0 Å². The smallest absolute Gasteiger partial charge is 0.240 e. The van der Waals surface area contributed by atoms with E-state index >= 15 is 0 Å². The molecule has 21 heavy (non-hydrogen) atoms. The van der Waals surface area contributed by atoms with Gasteiger partial charge in [0.05, 0.1) is 26.4 Å². The first kappa shape index (κ1) is 16.2. The zero-order valence-corrected chi connectivity index (χ0v) is 13.5. The molecule has 5 nitrogen and oxygen atoms in total. The maximum Gasteiger partial charge on any atom is 0.240 e. The van der Waals surface area contributed by atoms with Gasteiger partial charge in [-0.25, -0.2) is 13.6 Å². The zero-order valence-electron chi connectivity index (χ0n) is 10.4. The standard InChI is InChI=1S/C12H10Cl3N3O2S/c13-7-4-9(15)11(5-8(7)14)18-6-1-2-12(10(16)3-6)21(17,19)20/h1-5,18H,16H2,(H2,17,19,20). The second-order valence-electron chi connectivity index (χ2n) is 4.17. The molecule has 0 spiro atoms. The van der Waals surface area contributed by atoms with Gasteiger partial charge in [0.25, 0.3) is 0 Å². The van der Waals surface area contributed by atoms with Crippen molar-refractivity contribution in [1.82, 2.24) is 0 Å². The molecule has 5 N–H and O–H groups in total. The van der Waals surface area contributed by atoms with E-state index in [2.05, 4.69) is 5.32 Å². The highest BCUT2D eigenvalue weighted by atomic mass is 35.5. The van der Waals surface area contributed by atoms with Crippen LogP contribution >= 0.6 is 34.8 Å². The predicted octanol–water partition coefficient (Wildman–Crippen LogP) is 3.62. The molecule has 2 aromatic carbocycles. The summed E-state index contributed by atoms with van der Waals surface area (Å²) in [5.41, 5.74) is 6.74. The molecule has 0 saturated carbocycles. The van der Waals surface area contributed by atoms with Gasteiger partial charge in [-0.3, -0.25) is 0 Å². The summed E-state index contributed by atoms with van der Waals surface area (Å²) in [7, 11) is -3.86. The van der Waals surface area contributed by atoms with Crippen LogP contribution in [0.1, 0.15) is 0 Å². The Hall–Kier alpha value is -1.18. The third-order valence-corrected chi connectivity index (χ3v) is 4.62. The van der Waals surface area contributed by atoms with Gasteiger partial charge in [0.15, 0.2) is 0 Å². The van der Waals surface area contributed by atoms with Crippen LogP contribution < -0.4 is 16.2 Å². The van der Waals surface area contributed by atoms with Gasteiger partial charge in [0.1, 0.15) is 4.90 Å². The summed E-state index contributed by atoms with van der Waals surface area (Å²) in [4.78, 5) is -0.145. The minimum atomic E-state index is -3.86. The van der Waals surface area contributed by atoms with Crippen molar-refractivity contribution in [3.63, 3.8) is 0 Å². The summed E-state index contributed by atoms with van der Waals surface area (Å²) in [5, 5.41) is 9.03. The van der Waals surface area contributed by atoms with Gasteiger partial charge in [-0.15, -0.1) is 0 Å². The molecule has 0 aliphatic carbocycles. The van der Waals surface area contributed by atoms with Crippen molar-refractivity contribution < 1.29 is 8.42 Å². The Kier molecular flexibility index (Phi) is 4.55. The number of hydrogen-bond acceptors (Lipinski definition) is 4. The summed E-state index contributed by atoms with van der Waals surface area (Å²) in [6.45, 7) is 0. The Morgan fingerprint density at radius 1 is 0.952 bits per heavy atom. The Labute approximate surface area is 136 Å². The number of rotatable bonds is 3. The van der Waals surface area contributed by atoms with E-state index in [9.17, 15) is 8.42 Å². The molecule has 0 radical (unpaired) electrons. The van der Waals surface area contributed by atoms with Gasteiger partial charge < -0.3 is 11.1 Å². The van der Waals surface area contributed by atoms with Crippen molar-refractivity contribution in [2.45, 2.75) is 4.90 Å². The molecule has 9 heteroatoms. The van der Waals surface area contributed by atoms with E-state index in [-0.39, 0.29) is 10.6 Å². The lowest BCUT2D eigenvalue weighted by Crippen LogP contribution is -2.14. The lowest BCUT2D eigenvalue weighted by Gasteiger charge is -2.11. The SMILES string of the molecule is Nc1cc(Nc2cc(Cl)c(Cl)cc2Cl)ccc1S(N)(=O)=O. The molecule has 0 aromatic heterocycles. The summed E-state index contributed by atoms with van der Waals surface area (Å²) >= 11 is 17.8. The van der Waals surface area contributed by atoms with E-state index in [1.807, 2.05) is 0 Å². The summed E-state index contributed by atoms with van der Waals surface area (Å²) in [5.74, 6) is 0. The van der Waals surface area contributed by atoms with E-state index in [4.69, 9.17) is 45.7 Å². The van der Waals surface area contributed by atoms with Crippen LogP contribution in [-0.4, -0.2) is 8.42 Å². The normalized spacial score (nSPS) is 11.4. The molecule has 112 valence electrons. The first-order valence-corrected chi connectivity index (χ1v) is 8.20. The number of primary sulfonamides is 1. The van der Waals surface area contributed by atoms with Gasteiger partial charge in [-0.1, -0.05) is 34.8 Å². The number of sulfonamides is 1. The number of nitrogens with one attached hydrogen (secondary N) is 1. The minimum absolute atomic E-state index is 0.0266. The average Bonchev–Trinajstić information content (AvgIpc) is 2.34. The van der Waals surface area contributed by atoms with Gasteiger partial charge in [0.2, 0.25) is 10.0 Å². The number of hydrogen-bond donors (Lipinski definition) is 3. The molecule has 0 atom stereocenters. The molecule has 0 fully saturated rings. The molecular formula is C12H10Cl3N3O2S. The summed E-state index contributed by atoms with van der Waals surface area (Å²) in [6, 6.07) is 7.29. The Balaban J connectivity index is 2.38. The van der Waals surface area contributed by atoms with Crippen molar-refractivity contribution in [1.29, 1.82) is 0 Å². The van der Waals surface area contributed by atoms with E-state index < -0.39 is 10.0 Å². The first-order valence-electron chi connectivity index (χ1n) is 5.52. The molecule has 0 bridgehead atoms. The topological polar surface area (TPSA) is 98.2 Å². The highest BCUT2D eigenvalue weighted by Gasteiger charge is 2.13. The summed E-state index contributed by atoms with van der Waals surface area (Å²) < 4.78 is 22.6. The Morgan fingerprint density at radius 2 is 1.57 bits per heavy atom. The fraction of sp³-hybridized carbons (Fsp3) is 0. The van der Waals surface area contributed by atoms with Crippen LogP contribution in [0.25, 0.3) is 0 Å². The van der Waals surface area contributed by atoms with Gasteiger partial charge in [-0.2, -0.15) is 0 Å². The predicted molar refractivity (Wildman–Crippen MR) is 87.0 cm³/mol. The molecule has 0 amide bonds. The fourth-order valence-corrected chi connectivity index (χ4v) is 2.90. The molecule has 2 aromatic rings. The molecule has 0 aliphatic heterocycles. The highest BCUT2D eigenvalue weighted by Crippen LogP contribution is 2.34. The van der Waals surface area contributed by atoms with E-state index in [1.165, 1.54) is 24.3 Å². The quantitative estimate of drug-likeness (QED) is 0.570. The van der Waals surface area contributed by atoms with E-state index in [0.717, 1.165) is 0 Å². The Bertz CT molecular complexity index is 810. The zero-order chi connectivity index (χ0) is 15.8. The molecule has 0 unspecified atom stereocenters. The highest BCUT2D eigenvalue weighted by molar-refractivity contribution is 7.89. The molecule has 0 heterocycles. The Morgan fingerprint density at radius 3 is 2.14 bits per heavy atom. The summed E-state index contributed by atoms with van der Waals surface area (Å²) in [6.07, 6.45) is 0. The van der Waals surface area contributed by atoms with Gasteiger partial charge in [0, 0.05) is 5.69 Å². The van der Waals surface area contributed by atoms with Crippen molar-refractivity contribution in [2.24, 2.45) is 5.14 Å². The van der Waals surface area contributed by atoms with Crippen LogP contribution in [0.15, 0.2) is 35.2 Å². The van der Waals surface area contributed by atoms with Crippen LogP contribution in [0.4, 0.5) is 17.1 Å². The molecule has 2 rings (SSSR count). The largest absolute Gasteiger partial charge is 0.398 e. The number of halogens is 3.